The van der Waals surface area contributed by atoms with Gasteiger partial charge in [-0.15, -0.1) is 0 Å². The van der Waals surface area contributed by atoms with Crippen molar-refractivity contribution in [2.45, 2.75) is 6.42 Å². The second-order valence-corrected chi connectivity index (χ2v) is 3.25. The molecule has 0 fully saturated rings. The van der Waals surface area contributed by atoms with E-state index in [2.05, 4.69) is 4.98 Å². The molecule has 15 heavy (non-hydrogen) atoms. The first-order chi connectivity index (χ1) is 7.40. The predicted molar refractivity (Wildman–Crippen MR) is 57.5 cm³/mol. The van der Waals surface area contributed by atoms with Crippen molar-refractivity contribution in [3.63, 3.8) is 0 Å². The van der Waals surface area contributed by atoms with Gasteiger partial charge in [0.15, 0.2) is 0 Å². The van der Waals surface area contributed by atoms with Gasteiger partial charge in [0.1, 0.15) is 6.26 Å². The smallest absolute Gasteiger partial charge is 0.226 e. The summed E-state index contributed by atoms with van der Waals surface area (Å²) in [6.45, 7) is 0.667. The Morgan fingerprint density at radius 1 is 1.27 bits per heavy atom. The number of ether oxygens (including phenoxy) is 1. The monoisotopic (exact) mass is 203 g/mol. The molecule has 1 aromatic carbocycles. The van der Waals surface area contributed by atoms with Crippen LogP contribution in [0.3, 0.4) is 0 Å². The first-order valence-corrected chi connectivity index (χ1v) is 4.89. The maximum Gasteiger partial charge on any atom is 0.226 e. The van der Waals surface area contributed by atoms with Crippen molar-refractivity contribution >= 4 is 0 Å². The van der Waals surface area contributed by atoms with Crippen LogP contribution in [0.15, 0.2) is 41.0 Å². The lowest BCUT2D eigenvalue weighted by Crippen LogP contribution is -1.94. The lowest BCUT2D eigenvalue weighted by Gasteiger charge is -1.93. The van der Waals surface area contributed by atoms with Gasteiger partial charge in [0.2, 0.25) is 5.89 Å². The highest BCUT2D eigenvalue weighted by Gasteiger charge is 2.05. The SMILES string of the molecule is COCCc1coc(-c2ccccc2)n1. The molecule has 1 aromatic heterocycles. The first kappa shape index (κ1) is 9.93. The quantitative estimate of drug-likeness (QED) is 0.766. The summed E-state index contributed by atoms with van der Waals surface area (Å²) in [5.41, 5.74) is 1.93. The topological polar surface area (TPSA) is 35.3 Å². The second kappa shape index (κ2) is 4.75. The van der Waals surface area contributed by atoms with Gasteiger partial charge in [0.05, 0.1) is 12.3 Å². The largest absolute Gasteiger partial charge is 0.444 e. The maximum atomic E-state index is 5.38. The third kappa shape index (κ3) is 2.44. The number of benzene rings is 1. The van der Waals surface area contributed by atoms with Crippen molar-refractivity contribution in [1.29, 1.82) is 0 Å². The van der Waals surface area contributed by atoms with Crippen LogP contribution in [0, 0.1) is 0 Å². The van der Waals surface area contributed by atoms with E-state index in [4.69, 9.17) is 9.15 Å². The van der Waals surface area contributed by atoms with Crippen LogP contribution < -0.4 is 0 Å². The molecule has 3 nitrogen and oxygen atoms in total. The lowest BCUT2D eigenvalue weighted by atomic mass is 10.2. The summed E-state index contributed by atoms with van der Waals surface area (Å²) in [6, 6.07) is 9.86. The molecule has 0 saturated heterocycles. The Labute approximate surface area is 88.7 Å². The predicted octanol–water partition coefficient (Wildman–Crippen LogP) is 2.53. The second-order valence-electron chi connectivity index (χ2n) is 3.25. The summed E-state index contributed by atoms with van der Waals surface area (Å²) in [6.07, 6.45) is 2.47. The van der Waals surface area contributed by atoms with Gasteiger partial charge in [0, 0.05) is 19.1 Å². The van der Waals surface area contributed by atoms with Crippen LogP contribution in [0.2, 0.25) is 0 Å². The Morgan fingerprint density at radius 2 is 2.07 bits per heavy atom. The molecular formula is C12H13NO2. The average molecular weight is 203 g/mol. The minimum atomic E-state index is 0.667. The van der Waals surface area contributed by atoms with Crippen LogP contribution in [0.5, 0.6) is 0 Å². The molecular weight excluding hydrogens is 190 g/mol. The van der Waals surface area contributed by atoms with Crippen LogP contribution in [-0.4, -0.2) is 18.7 Å². The third-order valence-corrected chi connectivity index (χ3v) is 2.13. The van der Waals surface area contributed by atoms with Gasteiger partial charge in [-0.1, -0.05) is 18.2 Å². The molecule has 0 aliphatic rings. The minimum absolute atomic E-state index is 0.667. The van der Waals surface area contributed by atoms with Gasteiger partial charge < -0.3 is 9.15 Å². The molecule has 0 spiro atoms. The molecule has 0 aliphatic heterocycles. The zero-order valence-corrected chi connectivity index (χ0v) is 8.64. The zero-order chi connectivity index (χ0) is 10.5. The first-order valence-electron chi connectivity index (χ1n) is 4.89. The normalized spacial score (nSPS) is 10.5. The van der Waals surface area contributed by atoms with E-state index in [1.54, 1.807) is 13.4 Å². The fourth-order valence-corrected chi connectivity index (χ4v) is 1.34. The summed E-state index contributed by atoms with van der Waals surface area (Å²) in [5, 5.41) is 0. The zero-order valence-electron chi connectivity index (χ0n) is 8.64. The van der Waals surface area contributed by atoms with Gasteiger partial charge in [-0.25, -0.2) is 4.98 Å². The van der Waals surface area contributed by atoms with Crippen LogP contribution >= 0.6 is 0 Å². The van der Waals surface area contributed by atoms with Gasteiger partial charge in [-0.2, -0.15) is 0 Å². The molecule has 0 radical (unpaired) electrons. The molecule has 3 heteroatoms. The van der Waals surface area contributed by atoms with Crippen LogP contribution in [0.1, 0.15) is 5.69 Å². The standard InChI is InChI=1S/C12H13NO2/c1-14-8-7-11-9-15-12(13-11)10-5-3-2-4-6-10/h2-6,9H,7-8H2,1H3. The average Bonchev–Trinajstić information content (AvgIpc) is 2.76. The Morgan fingerprint density at radius 3 is 2.80 bits per heavy atom. The van der Waals surface area contributed by atoms with E-state index in [1.807, 2.05) is 30.3 Å². The summed E-state index contributed by atoms with van der Waals surface area (Å²) < 4.78 is 10.4. The fraction of sp³-hybridized carbons (Fsp3) is 0.250. The molecule has 0 aliphatic carbocycles. The van der Waals surface area contributed by atoms with E-state index in [1.165, 1.54) is 0 Å². The van der Waals surface area contributed by atoms with Crippen molar-refractivity contribution in [2.75, 3.05) is 13.7 Å². The molecule has 2 aromatic rings. The van der Waals surface area contributed by atoms with Crippen LogP contribution in [0.25, 0.3) is 11.5 Å². The summed E-state index contributed by atoms with van der Waals surface area (Å²) in [5.74, 6) is 0.668. The number of nitrogens with zero attached hydrogens (tertiary/aromatic N) is 1. The summed E-state index contributed by atoms with van der Waals surface area (Å²) >= 11 is 0. The Balaban J connectivity index is 2.14. The molecule has 0 atom stereocenters. The number of oxazole rings is 1. The molecule has 0 amide bonds. The molecule has 1 heterocycles. The van der Waals surface area contributed by atoms with E-state index in [-0.39, 0.29) is 0 Å². The minimum Gasteiger partial charge on any atom is -0.444 e. The number of methoxy groups -OCH3 is 1. The Hall–Kier alpha value is -1.61. The van der Waals surface area contributed by atoms with Crippen molar-refractivity contribution < 1.29 is 9.15 Å². The summed E-state index contributed by atoms with van der Waals surface area (Å²) in [4.78, 5) is 4.37. The van der Waals surface area contributed by atoms with Crippen molar-refractivity contribution in [1.82, 2.24) is 4.98 Å². The number of hydrogen-bond acceptors (Lipinski definition) is 3. The molecule has 0 unspecified atom stereocenters. The Kier molecular flexibility index (Phi) is 3.15. The van der Waals surface area contributed by atoms with E-state index in [9.17, 15) is 0 Å². The number of rotatable bonds is 4. The van der Waals surface area contributed by atoms with Crippen LogP contribution in [-0.2, 0) is 11.2 Å². The highest BCUT2D eigenvalue weighted by atomic mass is 16.5. The molecule has 0 saturated carbocycles. The van der Waals surface area contributed by atoms with Gasteiger partial charge in [-0.3, -0.25) is 0 Å². The van der Waals surface area contributed by atoms with Gasteiger partial charge >= 0.3 is 0 Å². The molecule has 2 rings (SSSR count). The van der Waals surface area contributed by atoms with Crippen LogP contribution in [0.4, 0.5) is 0 Å². The van der Waals surface area contributed by atoms with Crippen molar-refractivity contribution in [3.8, 4) is 11.5 Å². The van der Waals surface area contributed by atoms with Crippen molar-refractivity contribution in [2.24, 2.45) is 0 Å². The molecule has 78 valence electrons. The Bertz CT molecular complexity index is 409. The van der Waals surface area contributed by atoms with Gasteiger partial charge in [0.25, 0.3) is 0 Å². The van der Waals surface area contributed by atoms with E-state index >= 15 is 0 Å². The van der Waals surface area contributed by atoms with Crippen molar-refractivity contribution in [3.05, 3.63) is 42.3 Å². The fourth-order valence-electron chi connectivity index (χ4n) is 1.34. The maximum absolute atomic E-state index is 5.38. The lowest BCUT2D eigenvalue weighted by molar-refractivity contribution is 0.201. The van der Waals surface area contributed by atoms with Gasteiger partial charge in [-0.05, 0) is 12.1 Å². The summed E-state index contributed by atoms with van der Waals surface area (Å²) in [7, 11) is 1.68. The highest BCUT2D eigenvalue weighted by Crippen LogP contribution is 2.17. The third-order valence-electron chi connectivity index (χ3n) is 2.13. The molecule has 0 N–H and O–H groups in total. The number of hydrogen-bond donors (Lipinski definition) is 0. The van der Waals surface area contributed by atoms with E-state index in [0.717, 1.165) is 17.7 Å². The molecule has 0 bridgehead atoms. The highest BCUT2D eigenvalue weighted by molar-refractivity contribution is 5.52. The van der Waals surface area contributed by atoms with E-state index < -0.39 is 0 Å². The number of aromatic nitrogens is 1. The van der Waals surface area contributed by atoms with E-state index in [0.29, 0.717) is 12.5 Å².